The molecule has 0 radical (unpaired) electrons. The monoisotopic (exact) mass is 515 g/mol. The Morgan fingerprint density at radius 2 is 1.89 bits per heavy atom. The number of amides is 2. The second-order valence-electron chi connectivity index (χ2n) is 8.93. The minimum absolute atomic E-state index is 0.0152. The van der Waals surface area contributed by atoms with Gasteiger partial charge in [0, 0.05) is 37.2 Å². The number of hydrazine groups is 1. The molecule has 9 nitrogen and oxygen atoms in total. The zero-order valence-electron chi connectivity index (χ0n) is 19.8. The number of rotatable bonds is 4. The molecule has 192 valence electrons. The molecule has 0 aliphatic heterocycles. The van der Waals surface area contributed by atoms with Crippen molar-refractivity contribution in [3.63, 3.8) is 0 Å². The van der Waals surface area contributed by atoms with Crippen LogP contribution in [0.25, 0.3) is 21.8 Å². The minimum Gasteiger partial charge on any atom is -0.383 e. The normalized spacial score (nSPS) is 13.8. The maximum atomic E-state index is 14.2. The Balaban J connectivity index is 1.55. The zero-order chi connectivity index (χ0) is 26.6. The Morgan fingerprint density at radius 3 is 2.54 bits per heavy atom. The van der Waals surface area contributed by atoms with Crippen LogP contribution in [-0.2, 0) is 24.6 Å². The Hall–Kier alpha value is -4.29. The maximum absolute atomic E-state index is 14.2. The lowest BCUT2D eigenvalue weighted by molar-refractivity contribution is -0.144. The standard InChI is InChI=1S/C24H21F4N7O2/c1-33-19-15-8-14(5-6-18(15)32-21(29)16(19)10-31-33)23(37)35(34(2)22(36)13-3-4-13)11-12-7-17(25)20(30-9-12)24(26,27)28/h5-10,13H,3-4,11H2,1-2H3,(H2,29,32). The lowest BCUT2D eigenvalue weighted by atomic mass is 10.1. The fourth-order valence-corrected chi connectivity index (χ4v) is 4.21. The van der Waals surface area contributed by atoms with E-state index in [1.54, 1.807) is 30.1 Å². The third-order valence-electron chi connectivity index (χ3n) is 6.30. The molecular weight excluding hydrogens is 494 g/mol. The first-order chi connectivity index (χ1) is 17.5. The van der Waals surface area contributed by atoms with E-state index in [0.29, 0.717) is 40.7 Å². The van der Waals surface area contributed by atoms with Gasteiger partial charge in [0.1, 0.15) is 5.82 Å². The summed E-state index contributed by atoms with van der Waals surface area (Å²) in [7, 11) is 3.12. The number of nitrogen functional groups attached to an aromatic ring is 1. The molecule has 1 aliphatic rings. The number of carbonyl (C=O) groups excluding carboxylic acids is 2. The van der Waals surface area contributed by atoms with Crippen LogP contribution in [0, 0.1) is 11.7 Å². The molecule has 0 spiro atoms. The van der Waals surface area contributed by atoms with Gasteiger partial charge in [-0.1, -0.05) is 0 Å². The van der Waals surface area contributed by atoms with Gasteiger partial charge < -0.3 is 5.73 Å². The molecule has 13 heteroatoms. The van der Waals surface area contributed by atoms with Crippen molar-refractivity contribution in [2.45, 2.75) is 25.6 Å². The third-order valence-corrected chi connectivity index (χ3v) is 6.30. The summed E-state index contributed by atoms with van der Waals surface area (Å²) in [4.78, 5) is 34.1. The molecule has 3 heterocycles. The van der Waals surface area contributed by atoms with Gasteiger partial charge >= 0.3 is 6.18 Å². The van der Waals surface area contributed by atoms with Gasteiger partial charge in [0.15, 0.2) is 11.5 Å². The summed E-state index contributed by atoms with van der Waals surface area (Å²) in [5.74, 6) is -2.48. The van der Waals surface area contributed by atoms with Crippen LogP contribution >= 0.6 is 0 Å². The van der Waals surface area contributed by atoms with Crippen LogP contribution in [-0.4, -0.2) is 48.6 Å². The number of nitrogens with zero attached hydrogens (tertiary/aromatic N) is 6. The number of hydrogen-bond acceptors (Lipinski definition) is 6. The lowest BCUT2D eigenvalue weighted by Gasteiger charge is -2.32. The Bertz CT molecular complexity index is 1560. The van der Waals surface area contributed by atoms with Crippen molar-refractivity contribution in [2.24, 2.45) is 13.0 Å². The molecule has 5 rings (SSSR count). The number of fused-ring (bicyclic) bond motifs is 3. The average molecular weight is 515 g/mol. The largest absolute Gasteiger partial charge is 0.436 e. The quantitative estimate of drug-likeness (QED) is 0.328. The number of anilines is 1. The molecule has 0 saturated heterocycles. The van der Waals surface area contributed by atoms with E-state index < -0.39 is 23.6 Å². The molecule has 4 aromatic rings. The Kier molecular flexibility index (Phi) is 5.72. The van der Waals surface area contributed by atoms with Crippen molar-refractivity contribution in [3.05, 3.63) is 59.3 Å². The van der Waals surface area contributed by atoms with Gasteiger partial charge in [0.05, 0.1) is 29.2 Å². The molecule has 2 amide bonds. The zero-order valence-corrected chi connectivity index (χ0v) is 19.8. The predicted molar refractivity (Wildman–Crippen MR) is 125 cm³/mol. The molecule has 0 unspecified atom stereocenters. The second-order valence-corrected chi connectivity index (χ2v) is 8.93. The van der Waals surface area contributed by atoms with Gasteiger partial charge in [-0.2, -0.15) is 18.3 Å². The van der Waals surface area contributed by atoms with E-state index >= 15 is 0 Å². The number of alkyl halides is 3. The lowest BCUT2D eigenvalue weighted by Crippen LogP contribution is -2.47. The molecule has 2 N–H and O–H groups in total. The van der Waals surface area contributed by atoms with Gasteiger partial charge in [-0.3, -0.25) is 19.3 Å². The molecule has 1 aliphatic carbocycles. The molecule has 1 aromatic carbocycles. The fourth-order valence-electron chi connectivity index (χ4n) is 4.21. The second kappa shape index (κ2) is 8.68. The number of aryl methyl sites for hydroxylation is 1. The maximum Gasteiger partial charge on any atom is 0.436 e. The predicted octanol–water partition coefficient (Wildman–Crippen LogP) is 3.68. The van der Waals surface area contributed by atoms with Gasteiger partial charge in [-0.25, -0.2) is 19.4 Å². The van der Waals surface area contributed by atoms with Crippen LogP contribution < -0.4 is 5.73 Å². The highest BCUT2D eigenvalue weighted by atomic mass is 19.4. The smallest absolute Gasteiger partial charge is 0.383 e. The molecular formula is C24H21F4N7O2. The molecule has 1 saturated carbocycles. The number of pyridine rings is 2. The number of hydrogen-bond donors (Lipinski definition) is 1. The summed E-state index contributed by atoms with van der Waals surface area (Å²) in [5.41, 5.74) is 5.72. The summed E-state index contributed by atoms with van der Waals surface area (Å²) in [6.07, 6.45) is -1.22. The molecule has 0 atom stereocenters. The van der Waals surface area contributed by atoms with Crippen LogP contribution in [0.3, 0.4) is 0 Å². The van der Waals surface area contributed by atoms with Crippen LogP contribution in [0.5, 0.6) is 0 Å². The number of nitrogens with two attached hydrogens (primary N) is 1. The first-order valence-corrected chi connectivity index (χ1v) is 11.3. The highest BCUT2D eigenvalue weighted by Gasteiger charge is 2.38. The van der Waals surface area contributed by atoms with Crippen molar-refractivity contribution < 1.29 is 27.2 Å². The van der Waals surface area contributed by atoms with E-state index in [4.69, 9.17) is 5.73 Å². The van der Waals surface area contributed by atoms with Gasteiger partial charge in [0.2, 0.25) is 5.91 Å². The van der Waals surface area contributed by atoms with E-state index in [1.807, 2.05) is 0 Å². The molecule has 3 aromatic heterocycles. The topological polar surface area (TPSA) is 110 Å². The highest BCUT2D eigenvalue weighted by molar-refractivity contribution is 6.10. The van der Waals surface area contributed by atoms with Gasteiger partial charge in [-0.05, 0) is 42.7 Å². The van der Waals surface area contributed by atoms with Crippen molar-refractivity contribution in [1.29, 1.82) is 0 Å². The van der Waals surface area contributed by atoms with Crippen LogP contribution in [0.15, 0.2) is 36.7 Å². The van der Waals surface area contributed by atoms with E-state index in [-0.39, 0.29) is 35.3 Å². The van der Waals surface area contributed by atoms with Crippen LogP contribution in [0.4, 0.5) is 23.4 Å². The molecule has 37 heavy (non-hydrogen) atoms. The van der Waals surface area contributed by atoms with Crippen molar-refractivity contribution in [2.75, 3.05) is 12.8 Å². The van der Waals surface area contributed by atoms with E-state index in [2.05, 4.69) is 15.1 Å². The van der Waals surface area contributed by atoms with E-state index in [1.165, 1.54) is 13.1 Å². The summed E-state index contributed by atoms with van der Waals surface area (Å²) in [5, 5.41) is 7.59. The first kappa shape index (κ1) is 24.4. The summed E-state index contributed by atoms with van der Waals surface area (Å²) >= 11 is 0. The fraction of sp³-hybridized carbons (Fsp3) is 0.292. The van der Waals surface area contributed by atoms with Gasteiger partial charge in [0.25, 0.3) is 5.91 Å². The minimum atomic E-state index is -4.96. The highest BCUT2D eigenvalue weighted by Crippen LogP contribution is 2.33. The van der Waals surface area contributed by atoms with Crippen molar-refractivity contribution >= 4 is 39.4 Å². The number of carbonyl (C=O) groups is 2. The first-order valence-electron chi connectivity index (χ1n) is 11.3. The number of halogens is 4. The summed E-state index contributed by atoms with van der Waals surface area (Å²) in [6, 6.07) is 5.36. The SMILES string of the molecule is CN(C(=O)C1CC1)N(Cc1cnc(C(F)(F)F)c(F)c1)C(=O)c1ccc2nc(N)c3cnn(C)c3c2c1. The van der Waals surface area contributed by atoms with E-state index in [0.717, 1.165) is 16.2 Å². The Labute approximate surface area is 207 Å². The van der Waals surface area contributed by atoms with Crippen LogP contribution in [0.2, 0.25) is 0 Å². The number of aromatic nitrogens is 4. The summed E-state index contributed by atoms with van der Waals surface area (Å²) < 4.78 is 54.6. The molecule has 0 bridgehead atoms. The van der Waals surface area contributed by atoms with Crippen molar-refractivity contribution in [3.8, 4) is 0 Å². The van der Waals surface area contributed by atoms with E-state index in [9.17, 15) is 27.2 Å². The Morgan fingerprint density at radius 1 is 1.16 bits per heavy atom. The van der Waals surface area contributed by atoms with Crippen molar-refractivity contribution in [1.82, 2.24) is 29.8 Å². The van der Waals surface area contributed by atoms with Crippen LogP contribution in [0.1, 0.15) is 34.5 Å². The van der Waals surface area contributed by atoms with Gasteiger partial charge in [-0.15, -0.1) is 0 Å². The third kappa shape index (κ3) is 4.41. The summed E-state index contributed by atoms with van der Waals surface area (Å²) in [6.45, 7) is -0.380. The molecule has 1 fully saturated rings. The average Bonchev–Trinajstić information content (AvgIpc) is 3.62. The number of benzene rings is 1.